The van der Waals surface area contributed by atoms with E-state index in [1.165, 1.54) is 12.1 Å². The van der Waals surface area contributed by atoms with Gasteiger partial charge in [0.25, 0.3) is 0 Å². The van der Waals surface area contributed by atoms with Crippen molar-refractivity contribution in [2.45, 2.75) is 4.90 Å². The highest BCUT2D eigenvalue weighted by molar-refractivity contribution is 7.80. The summed E-state index contributed by atoms with van der Waals surface area (Å²) in [4.78, 5) is 10.6. The Labute approximate surface area is 96.0 Å². The number of aliphatic carboxylic acids is 1. The van der Waals surface area contributed by atoms with E-state index < -0.39 is 12.6 Å². The van der Waals surface area contributed by atoms with E-state index >= 15 is 0 Å². The summed E-state index contributed by atoms with van der Waals surface area (Å²) in [5, 5.41) is 9.00. The molecule has 0 atom stereocenters. The minimum atomic E-state index is -1.06. The molecular formula is C8H6Cl2O3S. The lowest BCUT2D eigenvalue weighted by atomic mass is 10.3. The Morgan fingerprint density at radius 3 is 2.36 bits per heavy atom. The van der Waals surface area contributed by atoms with E-state index in [9.17, 15) is 4.79 Å². The molecule has 0 unspecified atom stereocenters. The summed E-state index contributed by atoms with van der Waals surface area (Å²) in [6.07, 6.45) is 0. The van der Waals surface area contributed by atoms with Crippen LogP contribution in [0.15, 0.2) is 17.0 Å². The lowest BCUT2D eigenvalue weighted by molar-refractivity contribution is -0.139. The smallest absolute Gasteiger partial charge is 0.341 e. The second-order valence-corrected chi connectivity index (χ2v) is 3.68. The van der Waals surface area contributed by atoms with Crippen molar-refractivity contribution < 1.29 is 14.6 Å². The van der Waals surface area contributed by atoms with Crippen molar-refractivity contribution >= 4 is 41.8 Å². The fraction of sp³-hybridized carbons (Fsp3) is 0.125. The Morgan fingerprint density at radius 1 is 1.43 bits per heavy atom. The third-order valence-corrected chi connectivity index (χ3v) is 2.69. The molecule has 0 amide bonds. The molecule has 0 aliphatic heterocycles. The number of carboxylic acids is 1. The highest BCUT2D eigenvalue weighted by Crippen LogP contribution is 2.32. The SMILES string of the molecule is O=C(O)COc1cc(Cl)c(S)c(Cl)c1. The van der Waals surface area contributed by atoms with Gasteiger partial charge in [0.1, 0.15) is 5.75 Å². The number of carbonyl (C=O) groups is 1. The molecular weight excluding hydrogens is 247 g/mol. The summed E-state index contributed by atoms with van der Waals surface area (Å²) in [5.74, 6) is -0.757. The van der Waals surface area contributed by atoms with Gasteiger partial charge in [0.2, 0.25) is 0 Å². The van der Waals surface area contributed by atoms with Gasteiger partial charge in [-0.2, -0.15) is 0 Å². The van der Waals surface area contributed by atoms with Crippen LogP contribution in [0.5, 0.6) is 5.75 Å². The molecule has 0 saturated carbocycles. The number of carboxylic acid groups (broad SMARTS) is 1. The highest BCUT2D eigenvalue weighted by Gasteiger charge is 2.06. The van der Waals surface area contributed by atoms with E-state index in [0.717, 1.165) is 0 Å². The number of rotatable bonds is 3. The Bertz CT molecular complexity index is 345. The summed E-state index contributed by atoms with van der Waals surface area (Å²) in [6, 6.07) is 2.91. The van der Waals surface area contributed by atoms with Gasteiger partial charge in [-0.15, -0.1) is 12.6 Å². The maximum Gasteiger partial charge on any atom is 0.341 e. The van der Waals surface area contributed by atoms with Crippen molar-refractivity contribution in [3.05, 3.63) is 22.2 Å². The molecule has 1 aromatic rings. The molecule has 0 aliphatic carbocycles. The quantitative estimate of drug-likeness (QED) is 0.814. The molecule has 14 heavy (non-hydrogen) atoms. The molecule has 0 heterocycles. The van der Waals surface area contributed by atoms with Gasteiger partial charge in [0.15, 0.2) is 6.61 Å². The second kappa shape index (κ2) is 4.77. The van der Waals surface area contributed by atoms with Crippen molar-refractivity contribution in [2.75, 3.05) is 6.61 Å². The van der Waals surface area contributed by atoms with Gasteiger partial charge in [-0.05, 0) is 0 Å². The van der Waals surface area contributed by atoms with Gasteiger partial charge in [-0.1, -0.05) is 23.2 Å². The van der Waals surface area contributed by atoms with Crippen molar-refractivity contribution in [1.82, 2.24) is 0 Å². The zero-order valence-corrected chi connectivity index (χ0v) is 9.23. The Hall–Kier alpha value is -0.580. The maximum absolute atomic E-state index is 10.2. The number of ether oxygens (including phenoxy) is 1. The van der Waals surface area contributed by atoms with Crippen LogP contribution >= 0.6 is 35.8 Å². The summed E-state index contributed by atoms with van der Waals surface area (Å²) in [5.41, 5.74) is 0. The van der Waals surface area contributed by atoms with E-state index in [-0.39, 0.29) is 0 Å². The number of hydrogen-bond donors (Lipinski definition) is 2. The molecule has 1 aromatic carbocycles. The van der Waals surface area contributed by atoms with E-state index in [0.29, 0.717) is 20.7 Å². The van der Waals surface area contributed by atoms with Crippen LogP contribution in [0.2, 0.25) is 10.0 Å². The lowest BCUT2D eigenvalue weighted by Gasteiger charge is -2.06. The van der Waals surface area contributed by atoms with Crippen LogP contribution in [0.1, 0.15) is 0 Å². The molecule has 6 heteroatoms. The monoisotopic (exact) mass is 252 g/mol. The Morgan fingerprint density at radius 2 is 1.93 bits per heavy atom. The molecule has 0 bridgehead atoms. The molecule has 3 nitrogen and oxygen atoms in total. The topological polar surface area (TPSA) is 46.5 Å². The highest BCUT2D eigenvalue weighted by atomic mass is 35.5. The molecule has 76 valence electrons. The zero-order chi connectivity index (χ0) is 10.7. The first-order valence-corrected chi connectivity index (χ1v) is 4.73. The molecule has 1 N–H and O–H groups in total. The number of thiol groups is 1. The van der Waals surface area contributed by atoms with Crippen LogP contribution < -0.4 is 4.74 Å². The number of benzene rings is 1. The van der Waals surface area contributed by atoms with Crippen LogP contribution in [0.3, 0.4) is 0 Å². The largest absolute Gasteiger partial charge is 0.482 e. The second-order valence-electron chi connectivity index (χ2n) is 2.42. The van der Waals surface area contributed by atoms with E-state index in [1.807, 2.05) is 0 Å². The molecule has 0 fully saturated rings. The first kappa shape index (κ1) is 11.5. The van der Waals surface area contributed by atoms with E-state index in [2.05, 4.69) is 12.6 Å². The molecule has 0 aliphatic rings. The minimum absolute atomic E-state index is 0.306. The van der Waals surface area contributed by atoms with E-state index in [1.54, 1.807) is 0 Å². The third kappa shape index (κ3) is 2.97. The van der Waals surface area contributed by atoms with Gasteiger partial charge in [-0.3, -0.25) is 0 Å². The molecule has 0 saturated heterocycles. The first-order chi connectivity index (χ1) is 6.50. The van der Waals surface area contributed by atoms with Crippen LogP contribution in [-0.4, -0.2) is 17.7 Å². The average Bonchev–Trinajstić information content (AvgIpc) is 2.10. The predicted octanol–water partition coefficient (Wildman–Crippen LogP) is 2.75. The first-order valence-electron chi connectivity index (χ1n) is 3.53. The van der Waals surface area contributed by atoms with Crippen molar-refractivity contribution in [1.29, 1.82) is 0 Å². The van der Waals surface area contributed by atoms with Gasteiger partial charge in [-0.25, -0.2) is 4.79 Å². The molecule has 0 radical (unpaired) electrons. The fourth-order valence-electron chi connectivity index (χ4n) is 0.771. The van der Waals surface area contributed by atoms with Crippen molar-refractivity contribution in [3.63, 3.8) is 0 Å². The standard InChI is InChI=1S/C8H6Cl2O3S/c9-5-1-4(13-3-7(11)12)2-6(10)8(5)14/h1-2,14H,3H2,(H,11,12). The zero-order valence-electron chi connectivity index (χ0n) is 6.83. The minimum Gasteiger partial charge on any atom is -0.482 e. The summed E-state index contributed by atoms with van der Waals surface area (Å²) in [7, 11) is 0. The third-order valence-electron chi connectivity index (χ3n) is 1.35. The van der Waals surface area contributed by atoms with Gasteiger partial charge >= 0.3 is 5.97 Å². The molecule has 0 aromatic heterocycles. The Balaban J connectivity index is 2.84. The van der Waals surface area contributed by atoms with Crippen LogP contribution in [0, 0.1) is 0 Å². The van der Waals surface area contributed by atoms with Crippen LogP contribution in [0.4, 0.5) is 0 Å². The fourth-order valence-corrected chi connectivity index (χ4v) is 1.37. The summed E-state index contributed by atoms with van der Waals surface area (Å²) >= 11 is 15.5. The predicted molar refractivity (Wildman–Crippen MR) is 56.8 cm³/mol. The number of halogens is 2. The lowest BCUT2D eigenvalue weighted by Crippen LogP contribution is -2.09. The molecule has 0 spiro atoms. The average molecular weight is 253 g/mol. The summed E-state index contributed by atoms with van der Waals surface area (Å²) < 4.78 is 4.88. The van der Waals surface area contributed by atoms with Gasteiger partial charge in [0.05, 0.1) is 10.0 Å². The molecule has 1 rings (SSSR count). The van der Waals surface area contributed by atoms with Gasteiger partial charge in [0, 0.05) is 17.0 Å². The normalized spacial score (nSPS) is 9.93. The van der Waals surface area contributed by atoms with Gasteiger partial charge < -0.3 is 9.84 Å². The van der Waals surface area contributed by atoms with E-state index in [4.69, 9.17) is 33.0 Å². The summed E-state index contributed by atoms with van der Waals surface area (Å²) in [6.45, 7) is -0.432. The van der Waals surface area contributed by atoms with Crippen LogP contribution in [-0.2, 0) is 4.79 Å². The maximum atomic E-state index is 10.2. The number of hydrogen-bond acceptors (Lipinski definition) is 3. The van der Waals surface area contributed by atoms with Crippen molar-refractivity contribution in [3.8, 4) is 5.75 Å². The van der Waals surface area contributed by atoms with Crippen molar-refractivity contribution in [2.24, 2.45) is 0 Å². The Kier molecular flexibility index (Phi) is 3.92. The van der Waals surface area contributed by atoms with Crippen LogP contribution in [0.25, 0.3) is 0 Å².